The molecule has 1 amide bonds. The summed E-state index contributed by atoms with van der Waals surface area (Å²) < 4.78 is 5.40. The minimum absolute atomic E-state index is 0.0328. The first-order chi connectivity index (χ1) is 8.58. The van der Waals surface area contributed by atoms with E-state index in [1.54, 1.807) is 23.1 Å². The molecule has 0 unspecified atom stereocenters. The van der Waals surface area contributed by atoms with Crippen molar-refractivity contribution in [3.63, 3.8) is 0 Å². The van der Waals surface area contributed by atoms with Gasteiger partial charge in [-0.3, -0.25) is 4.79 Å². The van der Waals surface area contributed by atoms with Crippen molar-refractivity contribution < 1.29 is 14.6 Å². The van der Waals surface area contributed by atoms with Gasteiger partial charge in [0.2, 0.25) is 0 Å². The number of carbonyl (C=O) groups excluding carboxylic acids is 1. The van der Waals surface area contributed by atoms with Gasteiger partial charge in [0.05, 0.1) is 6.61 Å². The standard InChI is InChI=1S/C13H18ClNO3/c1-3-15(6-7-16)13(17)9-18-11-4-5-12(14)10(2)8-11/h4-5,8,16H,3,6-7,9H2,1-2H3. The van der Waals surface area contributed by atoms with Crippen molar-refractivity contribution in [2.45, 2.75) is 13.8 Å². The number of rotatable bonds is 6. The zero-order valence-electron chi connectivity index (χ0n) is 10.6. The molecule has 0 aliphatic heterocycles. The zero-order chi connectivity index (χ0) is 13.5. The number of halogens is 1. The average Bonchev–Trinajstić information content (AvgIpc) is 2.37. The molecule has 0 heterocycles. The molecule has 1 aromatic carbocycles. The molecule has 1 rings (SSSR count). The number of amides is 1. The lowest BCUT2D eigenvalue weighted by molar-refractivity contribution is -0.133. The fourth-order valence-electron chi connectivity index (χ4n) is 1.52. The first-order valence-electron chi connectivity index (χ1n) is 5.86. The molecule has 0 aliphatic rings. The lowest BCUT2D eigenvalue weighted by Gasteiger charge is -2.19. The zero-order valence-corrected chi connectivity index (χ0v) is 11.4. The van der Waals surface area contributed by atoms with Gasteiger partial charge in [0.25, 0.3) is 5.91 Å². The van der Waals surface area contributed by atoms with E-state index in [-0.39, 0.29) is 19.1 Å². The third-order valence-electron chi connectivity index (χ3n) is 2.60. The van der Waals surface area contributed by atoms with Gasteiger partial charge in [-0.2, -0.15) is 0 Å². The fraction of sp³-hybridized carbons (Fsp3) is 0.462. The Labute approximate surface area is 112 Å². The van der Waals surface area contributed by atoms with Gasteiger partial charge >= 0.3 is 0 Å². The molecule has 0 spiro atoms. The van der Waals surface area contributed by atoms with Crippen LogP contribution in [0, 0.1) is 6.92 Å². The van der Waals surface area contributed by atoms with Gasteiger partial charge in [-0.25, -0.2) is 0 Å². The van der Waals surface area contributed by atoms with Gasteiger partial charge < -0.3 is 14.7 Å². The third-order valence-corrected chi connectivity index (χ3v) is 3.02. The molecule has 0 fully saturated rings. The molecule has 0 aromatic heterocycles. The predicted molar refractivity (Wildman–Crippen MR) is 71.0 cm³/mol. The molecular weight excluding hydrogens is 254 g/mol. The van der Waals surface area contributed by atoms with Crippen LogP contribution in [0.3, 0.4) is 0 Å². The molecular formula is C13H18ClNO3. The minimum atomic E-state index is -0.140. The van der Waals surface area contributed by atoms with Crippen molar-refractivity contribution in [3.05, 3.63) is 28.8 Å². The molecule has 100 valence electrons. The molecule has 0 saturated heterocycles. The van der Waals surface area contributed by atoms with Crippen LogP contribution in [-0.4, -0.2) is 42.2 Å². The molecule has 0 radical (unpaired) electrons. The smallest absolute Gasteiger partial charge is 0.260 e. The number of aliphatic hydroxyl groups excluding tert-OH is 1. The molecule has 1 N–H and O–H groups in total. The van der Waals surface area contributed by atoms with E-state index in [0.717, 1.165) is 5.56 Å². The highest BCUT2D eigenvalue weighted by Gasteiger charge is 2.11. The number of benzene rings is 1. The van der Waals surface area contributed by atoms with Gasteiger partial charge in [0.15, 0.2) is 6.61 Å². The Balaban J connectivity index is 2.53. The highest BCUT2D eigenvalue weighted by molar-refractivity contribution is 6.31. The van der Waals surface area contributed by atoms with Crippen LogP contribution < -0.4 is 4.74 Å². The average molecular weight is 272 g/mol. The molecule has 4 nitrogen and oxygen atoms in total. The first-order valence-corrected chi connectivity index (χ1v) is 6.23. The lowest BCUT2D eigenvalue weighted by atomic mass is 10.2. The second-order valence-corrected chi connectivity index (χ2v) is 4.30. The van der Waals surface area contributed by atoms with Crippen molar-refractivity contribution in [1.29, 1.82) is 0 Å². The molecule has 0 aliphatic carbocycles. The Hall–Kier alpha value is -1.26. The van der Waals surface area contributed by atoms with Crippen molar-refractivity contribution in [2.24, 2.45) is 0 Å². The Morgan fingerprint density at radius 2 is 2.22 bits per heavy atom. The number of nitrogens with zero attached hydrogens (tertiary/aromatic N) is 1. The van der Waals surface area contributed by atoms with E-state index in [0.29, 0.717) is 23.9 Å². The van der Waals surface area contributed by atoms with E-state index in [9.17, 15) is 4.79 Å². The number of hydrogen-bond acceptors (Lipinski definition) is 3. The summed E-state index contributed by atoms with van der Waals surface area (Å²) in [5, 5.41) is 9.49. The van der Waals surface area contributed by atoms with Gasteiger partial charge in [0, 0.05) is 18.1 Å². The van der Waals surface area contributed by atoms with Crippen LogP contribution in [0.5, 0.6) is 5.75 Å². The number of carbonyl (C=O) groups is 1. The first kappa shape index (κ1) is 14.8. The largest absolute Gasteiger partial charge is 0.484 e. The summed E-state index contributed by atoms with van der Waals surface area (Å²) in [4.78, 5) is 13.3. The van der Waals surface area contributed by atoms with Crippen LogP contribution in [0.15, 0.2) is 18.2 Å². The molecule has 1 aromatic rings. The Bertz CT molecular complexity index is 409. The van der Waals surface area contributed by atoms with E-state index in [4.69, 9.17) is 21.4 Å². The summed E-state index contributed by atoms with van der Waals surface area (Å²) in [6.45, 7) is 4.55. The van der Waals surface area contributed by atoms with Crippen molar-refractivity contribution in [2.75, 3.05) is 26.3 Å². The van der Waals surface area contributed by atoms with Crippen molar-refractivity contribution >= 4 is 17.5 Å². The van der Waals surface area contributed by atoms with Crippen LogP contribution in [0.2, 0.25) is 5.02 Å². The second-order valence-electron chi connectivity index (χ2n) is 3.90. The van der Waals surface area contributed by atoms with Gasteiger partial charge in [-0.1, -0.05) is 11.6 Å². The number of hydrogen-bond donors (Lipinski definition) is 1. The van der Waals surface area contributed by atoms with Gasteiger partial charge in [-0.05, 0) is 37.6 Å². The number of likely N-dealkylation sites (N-methyl/N-ethyl adjacent to an activating group) is 1. The summed E-state index contributed by atoms with van der Waals surface area (Å²) in [5.41, 5.74) is 0.907. The molecule has 0 bridgehead atoms. The van der Waals surface area contributed by atoms with Crippen LogP contribution in [0.4, 0.5) is 0 Å². The number of aryl methyl sites for hydroxylation is 1. The minimum Gasteiger partial charge on any atom is -0.484 e. The maximum atomic E-state index is 11.8. The van der Waals surface area contributed by atoms with Crippen LogP contribution in [0.1, 0.15) is 12.5 Å². The Morgan fingerprint density at radius 1 is 1.50 bits per heavy atom. The highest BCUT2D eigenvalue weighted by Crippen LogP contribution is 2.20. The summed E-state index contributed by atoms with van der Waals surface area (Å²) in [7, 11) is 0. The monoisotopic (exact) mass is 271 g/mol. The van der Waals surface area contributed by atoms with Crippen molar-refractivity contribution in [1.82, 2.24) is 4.90 Å². The summed E-state index contributed by atoms with van der Waals surface area (Å²) >= 11 is 5.90. The van der Waals surface area contributed by atoms with E-state index in [2.05, 4.69) is 0 Å². The van der Waals surface area contributed by atoms with Crippen molar-refractivity contribution in [3.8, 4) is 5.75 Å². The van der Waals surface area contributed by atoms with E-state index >= 15 is 0 Å². The summed E-state index contributed by atoms with van der Waals surface area (Å²) in [6.07, 6.45) is 0. The summed E-state index contributed by atoms with van der Waals surface area (Å²) in [6, 6.07) is 5.25. The molecule has 18 heavy (non-hydrogen) atoms. The Kier molecular flexibility index (Phi) is 5.95. The van der Waals surface area contributed by atoms with E-state index in [1.165, 1.54) is 0 Å². The molecule has 5 heteroatoms. The fourth-order valence-corrected chi connectivity index (χ4v) is 1.64. The Morgan fingerprint density at radius 3 is 2.78 bits per heavy atom. The van der Waals surface area contributed by atoms with E-state index < -0.39 is 0 Å². The number of ether oxygens (including phenoxy) is 1. The van der Waals surface area contributed by atoms with Gasteiger partial charge in [0.1, 0.15) is 5.75 Å². The normalized spacial score (nSPS) is 10.2. The maximum absolute atomic E-state index is 11.8. The van der Waals surface area contributed by atoms with E-state index in [1.807, 2.05) is 13.8 Å². The number of aliphatic hydroxyl groups is 1. The molecule has 0 saturated carbocycles. The quantitative estimate of drug-likeness (QED) is 0.859. The SMILES string of the molecule is CCN(CCO)C(=O)COc1ccc(Cl)c(C)c1. The van der Waals surface area contributed by atoms with Gasteiger partial charge in [-0.15, -0.1) is 0 Å². The third kappa shape index (κ3) is 4.20. The second kappa shape index (κ2) is 7.24. The summed E-state index contributed by atoms with van der Waals surface area (Å²) in [5.74, 6) is 0.476. The lowest BCUT2D eigenvalue weighted by Crippen LogP contribution is -2.36. The van der Waals surface area contributed by atoms with Crippen LogP contribution in [0.25, 0.3) is 0 Å². The van der Waals surface area contributed by atoms with Crippen LogP contribution in [-0.2, 0) is 4.79 Å². The highest BCUT2D eigenvalue weighted by atomic mass is 35.5. The topological polar surface area (TPSA) is 49.8 Å². The predicted octanol–water partition coefficient (Wildman–Crippen LogP) is 1.87. The molecule has 0 atom stereocenters. The van der Waals surface area contributed by atoms with Crippen LogP contribution >= 0.6 is 11.6 Å². The maximum Gasteiger partial charge on any atom is 0.260 e.